The predicted octanol–water partition coefficient (Wildman–Crippen LogP) is 3.41. The summed E-state index contributed by atoms with van der Waals surface area (Å²) in [5, 5.41) is 9.48. The van der Waals surface area contributed by atoms with E-state index >= 15 is 0 Å². The summed E-state index contributed by atoms with van der Waals surface area (Å²) in [6.07, 6.45) is 9.12. The highest BCUT2D eigenvalue weighted by molar-refractivity contribution is 5.99. The van der Waals surface area contributed by atoms with Gasteiger partial charge in [0.2, 0.25) is 17.7 Å². The van der Waals surface area contributed by atoms with Gasteiger partial charge in [0.05, 0.1) is 18.1 Å². The highest BCUT2D eigenvalue weighted by Gasteiger charge is 2.71. The topological polar surface area (TPSA) is 117 Å². The third-order valence-corrected chi connectivity index (χ3v) is 10.0. The number of allylic oxidation sites excluding steroid dienone is 1. The first-order valence-electron chi connectivity index (χ1n) is 16.4. The van der Waals surface area contributed by atoms with Crippen molar-refractivity contribution in [2.24, 2.45) is 11.8 Å². The van der Waals surface area contributed by atoms with E-state index in [0.29, 0.717) is 25.8 Å². The summed E-state index contributed by atoms with van der Waals surface area (Å²) in [4.78, 5) is 61.4. The number of cyclic esters (lactones) is 1. The molecule has 10 heteroatoms. The van der Waals surface area contributed by atoms with E-state index in [9.17, 15) is 24.3 Å². The Hall–Kier alpha value is -3.50. The molecular formula is C35H47N3O7. The lowest BCUT2D eigenvalue weighted by molar-refractivity contribution is -0.164. The number of nitrogens with zero attached hydrogens (tertiary/aromatic N) is 3. The van der Waals surface area contributed by atoms with Gasteiger partial charge < -0.3 is 29.3 Å². The maximum atomic E-state index is 14.5. The Kier molecular flexibility index (Phi) is 10.1. The largest absolute Gasteiger partial charge is 0.455 e. The second-order valence-corrected chi connectivity index (χ2v) is 12.8. The van der Waals surface area contributed by atoms with Gasteiger partial charge in [-0.25, -0.2) is 0 Å². The molecule has 0 aliphatic carbocycles. The van der Waals surface area contributed by atoms with E-state index in [2.05, 4.69) is 6.92 Å². The molecule has 1 aromatic carbocycles. The Morgan fingerprint density at radius 1 is 1.07 bits per heavy atom. The molecule has 0 radical (unpaired) electrons. The van der Waals surface area contributed by atoms with Gasteiger partial charge >= 0.3 is 5.97 Å². The van der Waals surface area contributed by atoms with Crippen LogP contribution in [0.25, 0.3) is 0 Å². The number of esters is 1. The van der Waals surface area contributed by atoms with E-state index < -0.39 is 47.7 Å². The average Bonchev–Trinajstić information content (AvgIpc) is 3.41. The van der Waals surface area contributed by atoms with E-state index in [-0.39, 0.29) is 43.3 Å². The Bertz CT molecular complexity index is 1320. The molecule has 244 valence electrons. The number of carbonyl (C=O) groups is 4. The number of likely N-dealkylation sites (tertiary alicyclic amines) is 1. The molecule has 4 aliphatic rings. The number of carbonyl (C=O) groups excluding carboxylic acids is 4. The Morgan fingerprint density at radius 2 is 1.82 bits per heavy atom. The van der Waals surface area contributed by atoms with Crippen molar-refractivity contribution in [3.8, 4) is 0 Å². The van der Waals surface area contributed by atoms with E-state index in [1.165, 1.54) is 0 Å². The molecule has 4 aliphatic heterocycles. The summed E-state index contributed by atoms with van der Waals surface area (Å²) in [5.41, 5.74) is -0.630. The maximum Gasteiger partial charge on any atom is 0.313 e. The van der Waals surface area contributed by atoms with Gasteiger partial charge in [0.25, 0.3) is 0 Å². The van der Waals surface area contributed by atoms with Gasteiger partial charge in [-0.05, 0) is 45.1 Å². The van der Waals surface area contributed by atoms with Gasteiger partial charge in [-0.3, -0.25) is 19.2 Å². The van der Waals surface area contributed by atoms with Crippen molar-refractivity contribution in [3.63, 3.8) is 0 Å². The lowest BCUT2D eigenvalue weighted by Crippen LogP contribution is -2.56. The number of hydrogen-bond acceptors (Lipinski definition) is 7. The lowest BCUT2D eigenvalue weighted by Gasteiger charge is -2.37. The van der Waals surface area contributed by atoms with Gasteiger partial charge in [0, 0.05) is 39.2 Å². The molecule has 0 aromatic heterocycles. The van der Waals surface area contributed by atoms with E-state index in [0.717, 1.165) is 18.4 Å². The van der Waals surface area contributed by atoms with E-state index in [1.807, 2.05) is 67.3 Å². The third-order valence-electron chi connectivity index (χ3n) is 10.0. The molecule has 10 nitrogen and oxygen atoms in total. The van der Waals surface area contributed by atoms with Crippen molar-refractivity contribution in [1.82, 2.24) is 14.7 Å². The summed E-state index contributed by atoms with van der Waals surface area (Å²) in [6.45, 7) is 6.57. The number of aliphatic hydroxyl groups excluding tert-OH is 1. The molecule has 2 fully saturated rings. The highest BCUT2D eigenvalue weighted by Crippen LogP contribution is 2.53. The second-order valence-electron chi connectivity index (χ2n) is 12.8. The van der Waals surface area contributed by atoms with Crippen molar-refractivity contribution >= 4 is 23.7 Å². The number of hydrogen-bond donors (Lipinski definition) is 1. The van der Waals surface area contributed by atoms with Crippen LogP contribution in [0.5, 0.6) is 0 Å². The summed E-state index contributed by atoms with van der Waals surface area (Å²) in [6, 6.07) is 7.84. The van der Waals surface area contributed by atoms with Crippen LogP contribution in [0, 0.1) is 11.8 Å². The van der Waals surface area contributed by atoms with Gasteiger partial charge in [0.1, 0.15) is 23.7 Å². The minimum atomic E-state index is -1.37. The van der Waals surface area contributed by atoms with Crippen LogP contribution in [0.1, 0.15) is 71.0 Å². The molecule has 1 aromatic rings. The van der Waals surface area contributed by atoms with Crippen LogP contribution < -0.4 is 0 Å². The first-order valence-corrected chi connectivity index (χ1v) is 16.4. The first kappa shape index (κ1) is 32.9. The number of aliphatic hydroxyl groups is 1. The number of amides is 3. The maximum absolute atomic E-state index is 14.5. The van der Waals surface area contributed by atoms with Crippen molar-refractivity contribution in [1.29, 1.82) is 0 Å². The number of fused-ring (bicyclic) bond motifs is 2. The van der Waals surface area contributed by atoms with Crippen LogP contribution in [0.15, 0.2) is 54.6 Å². The number of rotatable bonds is 8. The molecule has 3 amide bonds. The smallest absolute Gasteiger partial charge is 0.313 e. The molecule has 0 bridgehead atoms. The average molecular weight is 622 g/mol. The number of likely N-dealkylation sites (N-methyl/N-ethyl adjacent to an activating group) is 1. The SMILES string of the molecule is CCCC(C)N1CC=C[C@]23O[C@@H]4/C=C\CCC(=O)N(C)[C@H](C)[C@@H](c5ccccc5)OC(=O)[C@@H]4[C@H]2C(=O)N(CCCCO)[C@@H]3C1=O. The van der Waals surface area contributed by atoms with Gasteiger partial charge in [-0.2, -0.15) is 0 Å². The normalized spacial score (nSPS) is 33.5. The van der Waals surface area contributed by atoms with Crippen molar-refractivity contribution < 1.29 is 33.8 Å². The Balaban J connectivity index is 1.59. The molecule has 45 heavy (non-hydrogen) atoms. The van der Waals surface area contributed by atoms with E-state index in [1.54, 1.807) is 22.9 Å². The zero-order chi connectivity index (χ0) is 32.3. The summed E-state index contributed by atoms with van der Waals surface area (Å²) in [5.74, 6) is -3.17. The molecule has 8 atom stereocenters. The van der Waals surface area contributed by atoms with Crippen LogP contribution in [0.2, 0.25) is 0 Å². The quantitative estimate of drug-likeness (QED) is 0.269. The summed E-state index contributed by atoms with van der Waals surface area (Å²) >= 11 is 0. The fourth-order valence-corrected chi connectivity index (χ4v) is 7.51. The lowest BCUT2D eigenvalue weighted by atomic mass is 9.77. The molecule has 1 unspecified atom stereocenters. The molecule has 4 heterocycles. The van der Waals surface area contributed by atoms with Crippen molar-refractivity contribution in [2.45, 2.75) is 95.2 Å². The van der Waals surface area contributed by atoms with Crippen LogP contribution in [-0.2, 0) is 28.7 Å². The molecule has 0 saturated carbocycles. The minimum Gasteiger partial charge on any atom is -0.455 e. The van der Waals surface area contributed by atoms with E-state index in [4.69, 9.17) is 9.47 Å². The monoisotopic (exact) mass is 621 g/mol. The van der Waals surface area contributed by atoms with Crippen LogP contribution in [0.4, 0.5) is 0 Å². The van der Waals surface area contributed by atoms with Crippen molar-refractivity contribution in [2.75, 3.05) is 26.7 Å². The molecule has 2 saturated heterocycles. The van der Waals surface area contributed by atoms with Crippen LogP contribution in [0.3, 0.4) is 0 Å². The highest BCUT2D eigenvalue weighted by atomic mass is 16.6. The molecule has 5 rings (SSSR count). The summed E-state index contributed by atoms with van der Waals surface area (Å²) in [7, 11) is 1.71. The number of unbranched alkanes of at least 4 members (excludes halogenated alkanes) is 1. The first-order chi connectivity index (χ1) is 21.7. The molecule has 1 spiro atoms. The summed E-state index contributed by atoms with van der Waals surface area (Å²) < 4.78 is 13.1. The van der Waals surface area contributed by atoms with Gasteiger partial charge in [0.15, 0.2) is 0 Å². The van der Waals surface area contributed by atoms with Crippen molar-refractivity contribution in [3.05, 3.63) is 60.2 Å². The standard InChI is InChI=1S/C35H47N3O7/c1-5-14-23(2)37-21-13-19-35-29(32(41)38(20-11-12-22-39)31(35)33(37)42)28-26(45-35)17-9-10-18-27(40)36(4)24(3)30(44-34(28)43)25-15-7-6-8-16-25/h6-9,13,15-17,19,23-24,26,28-31,39H,5,10-12,14,18,20-22H2,1-4H3/b17-9-/t23?,24-,26-,28+,29+,30+,31-,35+/m1/s1. The Labute approximate surface area is 266 Å². The van der Waals surface area contributed by atoms with Gasteiger partial charge in [-0.1, -0.05) is 68.0 Å². The van der Waals surface area contributed by atoms with Crippen LogP contribution >= 0.6 is 0 Å². The second kappa shape index (κ2) is 13.9. The number of benzene rings is 1. The number of ether oxygens (including phenoxy) is 2. The fourth-order valence-electron chi connectivity index (χ4n) is 7.51. The molecular weight excluding hydrogens is 574 g/mol. The van der Waals surface area contributed by atoms with Crippen LogP contribution in [-0.4, -0.2) is 100 Å². The predicted molar refractivity (Wildman–Crippen MR) is 168 cm³/mol. The van der Waals surface area contributed by atoms with Gasteiger partial charge in [-0.15, -0.1) is 0 Å². The molecule has 1 N–H and O–H groups in total. The zero-order valence-corrected chi connectivity index (χ0v) is 26.8. The fraction of sp³-hybridized carbons (Fsp3) is 0.600. The zero-order valence-electron chi connectivity index (χ0n) is 26.8. The minimum absolute atomic E-state index is 0.0247. The third kappa shape index (κ3) is 6.06. The Morgan fingerprint density at radius 3 is 2.53 bits per heavy atom.